The standard InChI is InChI=1S/C55H41NO/c1-37-23-27-41(28-24-37)54(44-19-11-17-42(33-44)39-13-5-3-6-14-39)51-36-53-55(49-22-10-9-21-48(49)51)50-32-31-47(35-52(50)57-53)56(45-29-25-38(2)26-30-45)46-20-12-18-43(34-46)40-15-7-4-8-16-40/h3-36,54H,1-2H3. The minimum absolute atomic E-state index is 0.0127. The number of benzene rings is 9. The lowest BCUT2D eigenvalue weighted by molar-refractivity contribution is 0.668. The molecule has 0 aliphatic rings. The molecule has 9 aromatic carbocycles. The molecular weight excluding hydrogens is 691 g/mol. The monoisotopic (exact) mass is 731 g/mol. The summed E-state index contributed by atoms with van der Waals surface area (Å²) in [6.07, 6.45) is 0. The fraction of sp³-hybridized carbons (Fsp3) is 0.0545. The Morgan fingerprint density at radius 2 is 0.930 bits per heavy atom. The first-order valence-electron chi connectivity index (χ1n) is 19.7. The van der Waals surface area contributed by atoms with Gasteiger partial charge >= 0.3 is 0 Å². The zero-order valence-corrected chi connectivity index (χ0v) is 32.1. The summed E-state index contributed by atoms with van der Waals surface area (Å²) >= 11 is 0. The van der Waals surface area contributed by atoms with Crippen LogP contribution in [0.4, 0.5) is 17.1 Å². The molecular formula is C55H41NO. The lowest BCUT2D eigenvalue weighted by atomic mass is 9.81. The molecule has 1 heterocycles. The highest BCUT2D eigenvalue weighted by molar-refractivity contribution is 6.20. The van der Waals surface area contributed by atoms with Crippen molar-refractivity contribution in [3.8, 4) is 22.3 Å². The van der Waals surface area contributed by atoms with Crippen LogP contribution in [-0.2, 0) is 0 Å². The highest BCUT2D eigenvalue weighted by Crippen LogP contribution is 2.45. The van der Waals surface area contributed by atoms with Gasteiger partial charge in [0.15, 0.2) is 0 Å². The van der Waals surface area contributed by atoms with Crippen LogP contribution >= 0.6 is 0 Å². The highest BCUT2D eigenvalue weighted by atomic mass is 16.3. The van der Waals surface area contributed by atoms with Gasteiger partial charge in [0.2, 0.25) is 0 Å². The van der Waals surface area contributed by atoms with E-state index in [0.29, 0.717) is 0 Å². The summed E-state index contributed by atoms with van der Waals surface area (Å²) in [5.41, 5.74) is 15.9. The Kier molecular flexibility index (Phi) is 8.73. The van der Waals surface area contributed by atoms with Crippen molar-refractivity contribution in [2.24, 2.45) is 0 Å². The minimum atomic E-state index is -0.0127. The summed E-state index contributed by atoms with van der Waals surface area (Å²) in [4.78, 5) is 2.33. The molecule has 272 valence electrons. The number of hydrogen-bond donors (Lipinski definition) is 0. The van der Waals surface area contributed by atoms with E-state index < -0.39 is 0 Å². The first-order chi connectivity index (χ1) is 28.1. The molecule has 2 nitrogen and oxygen atoms in total. The van der Waals surface area contributed by atoms with Crippen molar-refractivity contribution in [2.75, 3.05) is 4.90 Å². The van der Waals surface area contributed by atoms with Crippen LogP contribution in [0, 0.1) is 13.8 Å². The van der Waals surface area contributed by atoms with Crippen molar-refractivity contribution in [2.45, 2.75) is 19.8 Å². The zero-order valence-electron chi connectivity index (χ0n) is 32.1. The van der Waals surface area contributed by atoms with Crippen LogP contribution in [0.5, 0.6) is 0 Å². The lowest BCUT2D eigenvalue weighted by Crippen LogP contribution is -2.10. The van der Waals surface area contributed by atoms with E-state index in [0.717, 1.165) is 39.0 Å². The minimum Gasteiger partial charge on any atom is -0.456 e. The molecule has 10 rings (SSSR count). The van der Waals surface area contributed by atoms with Gasteiger partial charge in [-0.05, 0) is 106 Å². The molecule has 0 fully saturated rings. The maximum Gasteiger partial charge on any atom is 0.137 e. The van der Waals surface area contributed by atoms with E-state index in [-0.39, 0.29) is 5.92 Å². The van der Waals surface area contributed by atoms with Crippen LogP contribution in [0.1, 0.15) is 33.7 Å². The van der Waals surface area contributed by atoms with E-state index in [9.17, 15) is 0 Å². The van der Waals surface area contributed by atoms with E-state index >= 15 is 0 Å². The SMILES string of the molecule is Cc1ccc(C(c2cccc(-c3ccccc3)c2)c2cc3oc4cc(N(c5ccc(C)cc5)c5cccc(-c6ccccc6)c5)ccc4c3c3ccccc23)cc1. The molecule has 0 saturated carbocycles. The maximum atomic E-state index is 6.98. The predicted octanol–water partition coefficient (Wildman–Crippen LogP) is 15.3. The summed E-state index contributed by atoms with van der Waals surface area (Å²) in [6.45, 7) is 4.28. The third-order valence-electron chi connectivity index (χ3n) is 11.3. The first kappa shape index (κ1) is 34.3. The maximum absolute atomic E-state index is 6.98. The number of aryl methyl sites for hydroxylation is 2. The molecule has 0 saturated heterocycles. The Hall–Kier alpha value is -7.16. The molecule has 1 atom stereocenters. The first-order valence-corrected chi connectivity index (χ1v) is 19.7. The van der Waals surface area contributed by atoms with Crippen molar-refractivity contribution < 1.29 is 4.42 Å². The number of nitrogens with zero attached hydrogens (tertiary/aromatic N) is 1. The number of rotatable bonds is 8. The molecule has 0 N–H and O–H groups in total. The Labute approximate surface area is 333 Å². The van der Waals surface area contributed by atoms with Crippen molar-refractivity contribution in [1.82, 2.24) is 0 Å². The second-order valence-electron chi connectivity index (χ2n) is 15.1. The average Bonchev–Trinajstić information content (AvgIpc) is 3.64. The molecule has 2 heteroatoms. The van der Waals surface area contributed by atoms with Gasteiger partial charge in [-0.25, -0.2) is 0 Å². The normalized spacial score (nSPS) is 12.0. The smallest absolute Gasteiger partial charge is 0.137 e. The number of fused-ring (bicyclic) bond motifs is 5. The zero-order chi connectivity index (χ0) is 38.3. The van der Waals surface area contributed by atoms with Gasteiger partial charge in [-0.15, -0.1) is 0 Å². The summed E-state index contributed by atoms with van der Waals surface area (Å²) < 4.78 is 6.98. The van der Waals surface area contributed by atoms with E-state index in [1.165, 1.54) is 60.8 Å². The van der Waals surface area contributed by atoms with Gasteiger partial charge in [-0.3, -0.25) is 0 Å². The van der Waals surface area contributed by atoms with Crippen molar-refractivity contribution >= 4 is 49.8 Å². The third-order valence-corrected chi connectivity index (χ3v) is 11.3. The van der Waals surface area contributed by atoms with E-state index in [1.54, 1.807) is 0 Å². The molecule has 0 aliphatic heterocycles. The van der Waals surface area contributed by atoms with Gasteiger partial charge in [-0.1, -0.05) is 169 Å². The number of furan rings is 1. The van der Waals surface area contributed by atoms with Gasteiger partial charge in [0, 0.05) is 39.8 Å². The van der Waals surface area contributed by atoms with Crippen molar-refractivity contribution in [1.29, 1.82) is 0 Å². The van der Waals surface area contributed by atoms with E-state index in [2.05, 4.69) is 225 Å². The molecule has 0 bridgehead atoms. The Morgan fingerprint density at radius 3 is 1.63 bits per heavy atom. The van der Waals surface area contributed by atoms with Crippen LogP contribution in [0.15, 0.2) is 211 Å². The molecule has 10 aromatic rings. The predicted molar refractivity (Wildman–Crippen MR) is 240 cm³/mol. The molecule has 0 amide bonds. The Morgan fingerprint density at radius 1 is 0.368 bits per heavy atom. The van der Waals surface area contributed by atoms with Gasteiger partial charge in [0.1, 0.15) is 11.2 Å². The van der Waals surface area contributed by atoms with Gasteiger partial charge in [0.25, 0.3) is 0 Å². The van der Waals surface area contributed by atoms with Crippen molar-refractivity contribution in [3.63, 3.8) is 0 Å². The topological polar surface area (TPSA) is 16.4 Å². The highest BCUT2D eigenvalue weighted by Gasteiger charge is 2.24. The molecule has 1 aromatic heterocycles. The van der Waals surface area contributed by atoms with Crippen LogP contribution in [0.25, 0.3) is 55.0 Å². The largest absolute Gasteiger partial charge is 0.456 e. The summed E-state index contributed by atoms with van der Waals surface area (Å²) in [6, 6.07) is 74.6. The summed E-state index contributed by atoms with van der Waals surface area (Å²) in [5, 5.41) is 4.67. The van der Waals surface area contributed by atoms with Crippen LogP contribution < -0.4 is 4.90 Å². The fourth-order valence-electron chi connectivity index (χ4n) is 8.47. The summed E-state index contributed by atoms with van der Waals surface area (Å²) in [7, 11) is 0. The van der Waals surface area contributed by atoms with E-state index in [1.807, 2.05) is 0 Å². The summed E-state index contributed by atoms with van der Waals surface area (Å²) in [5.74, 6) is -0.0127. The van der Waals surface area contributed by atoms with Gasteiger partial charge in [-0.2, -0.15) is 0 Å². The van der Waals surface area contributed by atoms with Gasteiger partial charge in [0.05, 0.1) is 0 Å². The van der Waals surface area contributed by atoms with Crippen LogP contribution in [0.3, 0.4) is 0 Å². The second kappa shape index (κ2) is 14.5. The number of anilines is 3. The van der Waals surface area contributed by atoms with Crippen molar-refractivity contribution in [3.05, 3.63) is 234 Å². The molecule has 0 radical (unpaired) electrons. The molecule has 0 spiro atoms. The average molecular weight is 732 g/mol. The third kappa shape index (κ3) is 6.46. The Bertz CT molecular complexity index is 3020. The second-order valence-corrected chi connectivity index (χ2v) is 15.1. The molecule has 57 heavy (non-hydrogen) atoms. The van der Waals surface area contributed by atoms with Gasteiger partial charge < -0.3 is 9.32 Å². The number of hydrogen-bond acceptors (Lipinski definition) is 2. The molecule has 0 aliphatic carbocycles. The molecule has 1 unspecified atom stereocenters. The quantitative estimate of drug-likeness (QED) is 0.145. The Balaban J connectivity index is 1.16. The fourth-order valence-corrected chi connectivity index (χ4v) is 8.47. The van der Waals surface area contributed by atoms with E-state index in [4.69, 9.17) is 4.42 Å². The lowest BCUT2D eigenvalue weighted by Gasteiger charge is -2.26. The van der Waals surface area contributed by atoms with Crippen LogP contribution in [-0.4, -0.2) is 0 Å². The van der Waals surface area contributed by atoms with Crippen LogP contribution in [0.2, 0.25) is 0 Å².